The zero-order chi connectivity index (χ0) is 10.8. The summed E-state index contributed by atoms with van der Waals surface area (Å²) in [7, 11) is 0. The van der Waals surface area contributed by atoms with Gasteiger partial charge in [-0.15, -0.1) is 0 Å². The van der Waals surface area contributed by atoms with Gasteiger partial charge in [0, 0.05) is 12.1 Å². The first-order valence-corrected chi connectivity index (χ1v) is 5.40. The van der Waals surface area contributed by atoms with Gasteiger partial charge in [-0.05, 0) is 36.6 Å². The molecular formula is C12H15F2N. The summed E-state index contributed by atoms with van der Waals surface area (Å²) in [6.07, 6.45) is 2.12. The van der Waals surface area contributed by atoms with Gasteiger partial charge in [0.25, 0.3) is 0 Å². The highest BCUT2D eigenvalue weighted by molar-refractivity contribution is 5.23. The Kier molecular flexibility index (Phi) is 3.00. The number of hydrogen-bond donors (Lipinski definition) is 1. The second-order valence-electron chi connectivity index (χ2n) is 4.09. The van der Waals surface area contributed by atoms with Crippen LogP contribution in [0.15, 0.2) is 18.2 Å². The predicted octanol–water partition coefficient (Wildman–Crippen LogP) is 3.03. The number of rotatable bonds is 2. The summed E-state index contributed by atoms with van der Waals surface area (Å²) >= 11 is 0. The number of hydrogen-bond acceptors (Lipinski definition) is 1. The number of nitrogens with one attached hydrogen (secondary N) is 1. The van der Waals surface area contributed by atoms with E-state index in [4.69, 9.17) is 0 Å². The van der Waals surface area contributed by atoms with Crippen molar-refractivity contribution < 1.29 is 8.78 Å². The van der Waals surface area contributed by atoms with Crippen LogP contribution >= 0.6 is 0 Å². The van der Waals surface area contributed by atoms with Crippen LogP contribution in [0.3, 0.4) is 0 Å². The molecule has 0 radical (unpaired) electrons. The summed E-state index contributed by atoms with van der Waals surface area (Å²) in [6.45, 7) is 3.04. The van der Waals surface area contributed by atoms with Gasteiger partial charge in [-0.1, -0.05) is 13.3 Å². The first-order chi connectivity index (χ1) is 7.20. The Morgan fingerprint density at radius 2 is 1.93 bits per heavy atom. The number of benzene rings is 1. The quantitative estimate of drug-likeness (QED) is 0.792. The molecule has 1 aromatic carbocycles. The maximum atomic E-state index is 13.0. The molecule has 2 unspecified atom stereocenters. The van der Waals surface area contributed by atoms with Crippen LogP contribution in [-0.2, 0) is 0 Å². The molecule has 1 nitrogen and oxygen atoms in total. The highest BCUT2D eigenvalue weighted by Gasteiger charge is 2.27. The van der Waals surface area contributed by atoms with E-state index in [-0.39, 0.29) is 6.04 Å². The molecule has 0 bridgehead atoms. The van der Waals surface area contributed by atoms with Gasteiger partial charge in [-0.25, -0.2) is 8.78 Å². The molecule has 15 heavy (non-hydrogen) atoms. The van der Waals surface area contributed by atoms with E-state index in [9.17, 15) is 8.78 Å². The van der Waals surface area contributed by atoms with Crippen LogP contribution in [0.2, 0.25) is 0 Å². The molecule has 2 rings (SSSR count). The SMILES string of the molecule is CCC1CCNC1c1cc(F)cc(F)c1. The summed E-state index contributed by atoms with van der Waals surface area (Å²) in [5.74, 6) is -0.492. The van der Waals surface area contributed by atoms with Gasteiger partial charge in [0.15, 0.2) is 0 Å². The zero-order valence-corrected chi connectivity index (χ0v) is 8.76. The lowest BCUT2D eigenvalue weighted by atomic mass is 9.92. The Morgan fingerprint density at radius 3 is 2.53 bits per heavy atom. The van der Waals surface area contributed by atoms with Crippen molar-refractivity contribution in [2.75, 3.05) is 6.54 Å². The van der Waals surface area contributed by atoms with Crippen molar-refractivity contribution in [2.45, 2.75) is 25.8 Å². The number of halogens is 2. The molecule has 1 saturated heterocycles. The summed E-state index contributed by atoms with van der Waals surface area (Å²) < 4.78 is 26.1. The van der Waals surface area contributed by atoms with E-state index in [1.54, 1.807) is 0 Å². The van der Waals surface area contributed by atoms with Crippen molar-refractivity contribution >= 4 is 0 Å². The Labute approximate surface area is 88.5 Å². The summed E-state index contributed by atoms with van der Waals surface area (Å²) in [6, 6.07) is 3.88. The van der Waals surface area contributed by atoms with Crippen LogP contribution in [0.4, 0.5) is 8.78 Å². The fraction of sp³-hybridized carbons (Fsp3) is 0.500. The topological polar surface area (TPSA) is 12.0 Å². The third-order valence-corrected chi connectivity index (χ3v) is 3.12. The molecule has 1 fully saturated rings. The molecule has 0 aliphatic carbocycles. The highest BCUT2D eigenvalue weighted by atomic mass is 19.1. The second kappa shape index (κ2) is 4.27. The second-order valence-corrected chi connectivity index (χ2v) is 4.09. The Balaban J connectivity index is 2.28. The average Bonchev–Trinajstić information content (AvgIpc) is 2.63. The van der Waals surface area contributed by atoms with E-state index in [2.05, 4.69) is 12.2 Å². The molecule has 0 aromatic heterocycles. The average molecular weight is 211 g/mol. The van der Waals surface area contributed by atoms with Crippen LogP contribution < -0.4 is 5.32 Å². The Morgan fingerprint density at radius 1 is 1.27 bits per heavy atom. The standard InChI is InChI=1S/C12H15F2N/c1-2-8-3-4-15-12(8)9-5-10(13)7-11(14)6-9/h5-8,12,15H,2-4H2,1H3. The molecule has 1 aliphatic heterocycles. The van der Waals surface area contributed by atoms with Crippen LogP contribution in [0, 0.1) is 17.6 Å². The van der Waals surface area contributed by atoms with E-state index >= 15 is 0 Å². The molecule has 1 N–H and O–H groups in total. The summed E-state index contributed by atoms with van der Waals surface area (Å²) in [5, 5.41) is 3.30. The first-order valence-electron chi connectivity index (χ1n) is 5.40. The largest absolute Gasteiger partial charge is 0.310 e. The lowest BCUT2D eigenvalue weighted by Crippen LogP contribution is -2.17. The van der Waals surface area contributed by atoms with E-state index in [0.717, 1.165) is 31.0 Å². The molecule has 0 amide bonds. The fourth-order valence-corrected chi connectivity index (χ4v) is 2.34. The van der Waals surface area contributed by atoms with Crippen molar-refractivity contribution in [1.29, 1.82) is 0 Å². The van der Waals surface area contributed by atoms with E-state index in [1.807, 2.05) is 0 Å². The monoisotopic (exact) mass is 211 g/mol. The van der Waals surface area contributed by atoms with Crippen LogP contribution in [0.5, 0.6) is 0 Å². The maximum Gasteiger partial charge on any atom is 0.126 e. The van der Waals surface area contributed by atoms with Crippen molar-refractivity contribution in [3.8, 4) is 0 Å². The van der Waals surface area contributed by atoms with Gasteiger partial charge >= 0.3 is 0 Å². The van der Waals surface area contributed by atoms with Crippen molar-refractivity contribution in [2.24, 2.45) is 5.92 Å². The van der Waals surface area contributed by atoms with Gasteiger partial charge in [0.05, 0.1) is 0 Å². The maximum absolute atomic E-state index is 13.0. The van der Waals surface area contributed by atoms with Gasteiger partial charge in [-0.2, -0.15) is 0 Å². The molecule has 82 valence electrons. The third-order valence-electron chi connectivity index (χ3n) is 3.12. The molecule has 0 saturated carbocycles. The molecule has 3 heteroatoms. The summed E-state index contributed by atoms with van der Waals surface area (Å²) in [5.41, 5.74) is 0.733. The van der Waals surface area contributed by atoms with Gasteiger partial charge < -0.3 is 5.32 Å². The normalized spacial score (nSPS) is 25.8. The van der Waals surface area contributed by atoms with E-state index in [0.29, 0.717) is 5.92 Å². The molecule has 0 spiro atoms. The molecule has 2 atom stereocenters. The first kappa shape index (κ1) is 10.6. The summed E-state index contributed by atoms with van der Waals surface area (Å²) in [4.78, 5) is 0. The van der Waals surface area contributed by atoms with Crippen LogP contribution in [0.25, 0.3) is 0 Å². The highest BCUT2D eigenvalue weighted by Crippen LogP contribution is 2.32. The van der Waals surface area contributed by atoms with Crippen LogP contribution in [0.1, 0.15) is 31.4 Å². The van der Waals surface area contributed by atoms with Gasteiger partial charge in [-0.3, -0.25) is 0 Å². The third kappa shape index (κ3) is 2.17. The van der Waals surface area contributed by atoms with Crippen molar-refractivity contribution in [3.63, 3.8) is 0 Å². The van der Waals surface area contributed by atoms with Crippen LogP contribution in [-0.4, -0.2) is 6.54 Å². The smallest absolute Gasteiger partial charge is 0.126 e. The van der Waals surface area contributed by atoms with E-state index in [1.165, 1.54) is 12.1 Å². The Bertz CT molecular complexity index is 331. The minimum atomic E-state index is -0.492. The van der Waals surface area contributed by atoms with Crippen molar-refractivity contribution in [1.82, 2.24) is 5.32 Å². The molecule has 1 aromatic rings. The molecular weight excluding hydrogens is 196 g/mol. The Hall–Kier alpha value is -0.960. The minimum absolute atomic E-state index is 0.111. The lowest BCUT2D eigenvalue weighted by Gasteiger charge is -2.18. The minimum Gasteiger partial charge on any atom is -0.310 e. The lowest BCUT2D eigenvalue weighted by molar-refractivity contribution is 0.444. The van der Waals surface area contributed by atoms with Gasteiger partial charge in [0.2, 0.25) is 0 Å². The van der Waals surface area contributed by atoms with Crippen molar-refractivity contribution in [3.05, 3.63) is 35.4 Å². The molecule has 1 heterocycles. The fourth-order valence-electron chi connectivity index (χ4n) is 2.34. The van der Waals surface area contributed by atoms with Gasteiger partial charge in [0.1, 0.15) is 11.6 Å². The molecule has 1 aliphatic rings. The zero-order valence-electron chi connectivity index (χ0n) is 8.76. The van der Waals surface area contributed by atoms with E-state index < -0.39 is 11.6 Å². The predicted molar refractivity (Wildman–Crippen MR) is 55.5 cm³/mol.